The minimum Gasteiger partial charge on any atom is -0.489 e. The van der Waals surface area contributed by atoms with Crippen molar-refractivity contribution in [1.29, 1.82) is 0 Å². The Morgan fingerprint density at radius 2 is 2.20 bits per heavy atom. The lowest BCUT2D eigenvalue weighted by Crippen LogP contribution is -2.57. The highest BCUT2D eigenvalue weighted by Gasteiger charge is 2.44. The van der Waals surface area contributed by atoms with Crippen LogP contribution in [0.15, 0.2) is 41.5 Å². The molecule has 9 heteroatoms. The molecule has 2 aromatic rings. The highest BCUT2D eigenvalue weighted by atomic mass is 16.5. The van der Waals surface area contributed by atoms with E-state index in [-0.39, 0.29) is 12.1 Å². The van der Waals surface area contributed by atoms with Crippen molar-refractivity contribution in [3.8, 4) is 5.75 Å². The SMILES string of the molecule is CN=C(C(=O)NC1(CO)CCNC1=O)c1cc(OCc2ccc(C)nc2)ccc1N. The van der Waals surface area contributed by atoms with Crippen LogP contribution in [-0.4, -0.2) is 53.4 Å². The number of anilines is 1. The van der Waals surface area contributed by atoms with E-state index < -0.39 is 24.0 Å². The Kier molecular flexibility index (Phi) is 6.31. The molecule has 1 saturated heterocycles. The predicted octanol–water partition coefficient (Wildman–Crippen LogP) is 0.337. The van der Waals surface area contributed by atoms with Gasteiger partial charge in [-0.3, -0.25) is 19.6 Å². The smallest absolute Gasteiger partial charge is 0.271 e. The van der Waals surface area contributed by atoms with E-state index in [4.69, 9.17) is 10.5 Å². The molecule has 1 unspecified atom stereocenters. The summed E-state index contributed by atoms with van der Waals surface area (Å²) in [6.07, 6.45) is 2.02. The Labute approximate surface area is 174 Å². The number of hydrogen-bond donors (Lipinski definition) is 4. The molecule has 2 heterocycles. The fourth-order valence-corrected chi connectivity index (χ4v) is 3.18. The van der Waals surface area contributed by atoms with Gasteiger partial charge in [0, 0.05) is 42.3 Å². The van der Waals surface area contributed by atoms with Crippen LogP contribution in [0.3, 0.4) is 0 Å². The second-order valence-electron chi connectivity index (χ2n) is 7.12. The number of carbonyl (C=O) groups is 2. The van der Waals surface area contributed by atoms with Crippen molar-refractivity contribution < 1.29 is 19.4 Å². The van der Waals surface area contributed by atoms with E-state index in [2.05, 4.69) is 20.6 Å². The number of nitrogens with one attached hydrogen (secondary N) is 2. The number of nitrogens with two attached hydrogens (primary N) is 1. The van der Waals surface area contributed by atoms with Crippen molar-refractivity contribution in [3.63, 3.8) is 0 Å². The summed E-state index contributed by atoms with van der Waals surface area (Å²) in [4.78, 5) is 33.3. The Morgan fingerprint density at radius 1 is 1.40 bits per heavy atom. The first-order valence-corrected chi connectivity index (χ1v) is 9.51. The molecule has 2 amide bonds. The third-order valence-corrected chi connectivity index (χ3v) is 4.99. The maximum atomic E-state index is 12.9. The van der Waals surface area contributed by atoms with E-state index >= 15 is 0 Å². The van der Waals surface area contributed by atoms with Gasteiger partial charge in [0.05, 0.1) is 6.61 Å². The number of carbonyl (C=O) groups excluding carboxylic acids is 2. The molecule has 5 N–H and O–H groups in total. The van der Waals surface area contributed by atoms with Crippen LogP contribution in [-0.2, 0) is 16.2 Å². The minimum absolute atomic E-state index is 0.0440. The van der Waals surface area contributed by atoms with E-state index in [1.54, 1.807) is 24.4 Å². The molecule has 0 aliphatic carbocycles. The van der Waals surface area contributed by atoms with Crippen LogP contribution < -0.4 is 21.1 Å². The van der Waals surface area contributed by atoms with Gasteiger partial charge in [0.1, 0.15) is 23.6 Å². The lowest BCUT2D eigenvalue weighted by molar-refractivity contribution is -0.130. The molecule has 158 valence electrons. The summed E-state index contributed by atoms with van der Waals surface area (Å²) >= 11 is 0. The minimum atomic E-state index is -1.37. The molecule has 1 fully saturated rings. The van der Waals surface area contributed by atoms with Crippen LogP contribution in [0.2, 0.25) is 0 Å². The molecular weight excluding hydrogens is 386 g/mol. The van der Waals surface area contributed by atoms with Gasteiger partial charge in [0.25, 0.3) is 5.91 Å². The van der Waals surface area contributed by atoms with Crippen LogP contribution in [0, 0.1) is 6.92 Å². The molecule has 1 aliphatic heterocycles. The molecule has 30 heavy (non-hydrogen) atoms. The van der Waals surface area contributed by atoms with Gasteiger partial charge in [-0.1, -0.05) is 6.07 Å². The number of amides is 2. The maximum absolute atomic E-state index is 12.9. The van der Waals surface area contributed by atoms with Gasteiger partial charge in [-0.2, -0.15) is 0 Å². The van der Waals surface area contributed by atoms with E-state index in [1.807, 2.05) is 19.1 Å². The number of nitrogens with zero attached hydrogens (tertiary/aromatic N) is 2. The normalized spacial score (nSPS) is 18.8. The molecule has 0 saturated carbocycles. The molecule has 0 bridgehead atoms. The fourth-order valence-electron chi connectivity index (χ4n) is 3.18. The molecule has 1 aliphatic rings. The number of hydrogen-bond acceptors (Lipinski definition) is 7. The number of benzene rings is 1. The number of aliphatic hydroxyl groups excluding tert-OH is 1. The highest BCUT2D eigenvalue weighted by molar-refractivity contribution is 6.46. The molecule has 9 nitrogen and oxygen atoms in total. The van der Waals surface area contributed by atoms with Crippen molar-refractivity contribution in [2.75, 3.05) is 25.9 Å². The number of aryl methyl sites for hydroxylation is 1. The summed E-state index contributed by atoms with van der Waals surface area (Å²) in [7, 11) is 1.46. The van der Waals surface area contributed by atoms with Crippen LogP contribution in [0.4, 0.5) is 5.69 Å². The number of aliphatic hydroxyl groups is 1. The number of pyridine rings is 1. The summed E-state index contributed by atoms with van der Waals surface area (Å²) in [5.41, 5.74) is 7.28. The number of nitrogen functional groups attached to an aromatic ring is 1. The predicted molar refractivity (Wildman–Crippen MR) is 112 cm³/mol. The topological polar surface area (TPSA) is 139 Å². The standard InChI is InChI=1S/C21H25N5O4/c1-13-3-4-14(10-25-13)11-30-15-5-6-17(22)16(9-15)18(23-2)19(28)26-21(12-27)7-8-24-20(21)29/h3-6,9-10,27H,7-8,11-12,22H2,1-2H3,(H,24,29)(H,26,28). The highest BCUT2D eigenvalue weighted by Crippen LogP contribution is 2.23. The third kappa shape index (κ3) is 4.41. The first-order valence-electron chi connectivity index (χ1n) is 9.51. The zero-order valence-corrected chi connectivity index (χ0v) is 16.9. The van der Waals surface area contributed by atoms with E-state index in [1.165, 1.54) is 7.05 Å². The third-order valence-electron chi connectivity index (χ3n) is 4.99. The molecule has 1 atom stereocenters. The number of aliphatic imine (C=N–C) groups is 1. The average molecular weight is 411 g/mol. The van der Waals surface area contributed by atoms with Crippen molar-refractivity contribution in [2.24, 2.45) is 4.99 Å². The van der Waals surface area contributed by atoms with Crippen LogP contribution >= 0.6 is 0 Å². The lowest BCUT2D eigenvalue weighted by Gasteiger charge is -2.25. The van der Waals surface area contributed by atoms with E-state index in [0.717, 1.165) is 11.3 Å². The van der Waals surface area contributed by atoms with E-state index in [9.17, 15) is 14.7 Å². The van der Waals surface area contributed by atoms with Gasteiger partial charge in [0.2, 0.25) is 5.91 Å². The summed E-state index contributed by atoms with van der Waals surface area (Å²) < 4.78 is 5.81. The summed E-state index contributed by atoms with van der Waals surface area (Å²) in [5, 5.41) is 14.9. The van der Waals surface area contributed by atoms with Crippen molar-refractivity contribution in [2.45, 2.75) is 25.5 Å². The molecule has 3 rings (SSSR count). The number of ether oxygens (including phenoxy) is 1. The summed E-state index contributed by atoms with van der Waals surface area (Å²) in [6.45, 7) is 2.07. The average Bonchev–Trinajstić information content (AvgIpc) is 3.10. The van der Waals surface area contributed by atoms with Crippen molar-refractivity contribution in [3.05, 3.63) is 53.3 Å². The van der Waals surface area contributed by atoms with Crippen molar-refractivity contribution in [1.82, 2.24) is 15.6 Å². The van der Waals surface area contributed by atoms with Gasteiger partial charge >= 0.3 is 0 Å². The second-order valence-corrected chi connectivity index (χ2v) is 7.12. The molecule has 0 radical (unpaired) electrons. The van der Waals surface area contributed by atoms with Gasteiger partial charge in [-0.05, 0) is 37.6 Å². The number of aromatic nitrogens is 1. The fraction of sp³-hybridized carbons (Fsp3) is 0.333. The zero-order valence-electron chi connectivity index (χ0n) is 16.9. The Balaban J connectivity index is 1.78. The zero-order chi connectivity index (χ0) is 21.7. The van der Waals surface area contributed by atoms with Gasteiger partial charge in [0.15, 0.2) is 0 Å². The first kappa shape index (κ1) is 21.3. The molecular formula is C21H25N5O4. The van der Waals surface area contributed by atoms with Gasteiger partial charge in [-0.15, -0.1) is 0 Å². The molecule has 1 aromatic heterocycles. The van der Waals surface area contributed by atoms with Crippen LogP contribution in [0.5, 0.6) is 5.75 Å². The Morgan fingerprint density at radius 3 is 2.80 bits per heavy atom. The largest absolute Gasteiger partial charge is 0.489 e. The summed E-state index contributed by atoms with van der Waals surface area (Å²) in [6, 6.07) is 8.77. The van der Waals surface area contributed by atoms with Crippen LogP contribution in [0.1, 0.15) is 23.2 Å². The first-order chi connectivity index (χ1) is 14.4. The maximum Gasteiger partial charge on any atom is 0.271 e. The monoisotopic (exact) mass is 411 g/mol. The number of rotatable bonds is 7. The van der Waals surface area contributed by atoms with Gasteiger partial charge < -0.3 is 26.2 Å². The lowest BCUT2D eigenvalue weighted by atomic mass is 9.97. The Hall–Kier alpha value is -3.46. The quantitative estimate of drug-likeness (QED) is 0.383. The summed E-state index contributed by atoms with van der Waals surface area (Å²) in [5.74, 6) is -0.523. The van der Waals surface area contributed by atoms with E-state index in [0.29, 0.717) is 30.2 Å². The molecule has 1 aromatic carbocycles. The molecule has 0 spiro atoms. The van der Waals surface area contributed by atoms with Crippen molar-refractivity contribution >= 4 is 23.2 Å². The van der Waals surface area contributed by atoms with Crippen LogP contribution in [0.25, 0.3) is 0 Å². The Bertz CT molecular complexity index is 974. The second kappa shape index (κ2) is 8.91. The van der Waals surface area contributed by atoms with Gasteiger partial charge in [-0.25, -0.2) is 0 Å².